The second-order valence-electron chi connectivity index (χ2n) is 3.23. The van der Waals surface area contributed by atoms with E-state index < -0.39 is 0 Å². The molecule has 1 aromatic heterocycles. The van der Waals surface area contributed by atoms with E-state index in [-0.39, 0.29) is 11.8 Å². The van der Waals surface area contributed by atoms with Gasteiger partial charge in [0.25, 0.3) is 0 Å². The van der Waals surface area contributed by atoms with Gasteiger partial charge in [-0.25, -0.2) is 0 Å². The van der Waals surface area contributed by atoms with E-state index in [0.29, 0.717) is 0 Å². The Balaban J connectivity index is 2.23. The molecule has 2 aromatic rings. The zero-order valence-electron chi connectivity index (χ0n) is 8.40. The first-order valence-electron chi connectivity index (χ1n) is 4.75. The maximum Gasteiger partial charge on any atom is 0.239 e. The molecule has 2 N–H and O–H groups in total. The van der Waals surface area contributed by atoms with E-state index in [1.54, 1.807) is 6.20 Å². The molecule has 16 heavy (non-hydrogen) atoms. The highest BCUT2D eigenvalue weighted by molar-refractivity contribution is 6.29. The molecule has 0 saturated heterocycles. The van der Waals surface area contributed by atoms with Crippen molar-refractivity contribution in [3.8, 4) is 11.3 Å². The fourth-order valence-electron chi connectivity index (χ4n) is 1.38. The molecule has 0 bridgehead atoms. The van der Waals surface area contributed by atoms with Crippen molar-refractivity contribution in [3.63, 3.8) is 0 Å². The second kappa shape index (κ2) is 4.81. The van der Waals surface area contributed by atoms with Crippen LogP contribution in [-0.2, 0) is 4.79 Å². The van der Waals surface area contributed by atoms with Crippen LogP contribution < -0.4 is 5.32 Å². The van der Waals surface area contributed by atoms with Crippen molar-refractivity contribution in [2.24, 2.45) is 0 Å². The molecule has 0 unspecified atom stereocenters. The summed E-state index contributed by atoms with van der Waals surface area (Å²) < 4.78 is 0. The minimum atomic E-state index is -0.219. The number of carbonyl (C=O) groups is 1. The predicted molar refractivity (Wildman–Crippen MR) is 63.4 cm³/mol. The molecular weight excluding hydrogens is 226 g/mol. The summed E-state index contributed by atoms with van der Waals surface area (Å²) in [6, 6.07) is 9.33. The fourth-order valence-corrected chi connectivity index (χ4v) is 1.44. The number of halogens is 1. The maximum absolute atomic E-state index is 11.1. The van der Waals surface area contributed by atoms with Crippen molar-refractivity contribution in [1.29, 1.82) is 0 Å². The Morgan fingerprint density at radius 3 is 3.00 bits per heavy atom. The lowest BCUT2D eigenvalue weighted by atomic mass is 10.1. The van der Waals surface area contributed by atoms with E-state index in [1.165, 1.54) is 0 Å². The molecule has 1 aromatic carbocycles. The number of aromatic amines is 1. The van der Waals surface area contributed by atoms with Crippen molar-refractivity contribution in [1.82, 2.24) is 10.2 Å². The number of aromatic nitrogens is 2. The Hall–Kier alpha value is -1.81. The fraction of sp³-hybridized carbons (Fsp3) is 0.0909. The molecule has 0 spiro atoms. The SMILES string of the molecule is O=C(CCl)Nc1cccc(-c2ccn[nH]2)c1. The van der Waals surface area contributed by atoms with Gasteiger partial charge in [-0.15, -0.1) is 11.6 Å². The van der Waals surface area contributed by atoms with Crippen LogP contribution >= 0.6 is 11.6 Å². The first-order valence-corrected chi connectivity index (χ1v) is 5.28. The molecule has 0 radical (unpaired) electrons. The summed E-state index contributed by atoms with van der Waals surface area (Å²) in [4.78, 5) is 11.1. The molecule has 4 nitrogen and oxygen atoms in total. The summed E-state index contributed by atoms with van der Waals surface area (Å²) in [6.07, 6.45) is 1.68. The number of H-pyrrole nitrogens is 1. The van der Waals surface area contributed by atoms with Crippen LogP contribution in [0, 0.1) is 0 Å². The smallest absolute Gasteiger partial charge is 0.239 e. The molecule has 0 atom stereocenters. The first kappa shape index (κ1) is 10.7. The van der Waals surface area contributed by atoms with Crippen molar-refractivity contribution >= 4 is 23.2 Å². The molecular formula is C11H10ClN3O. The summed E-state index contributed by atoms with van der Waals surface area (Å²) in [5, 5.41) is 9.42. The third kappa shape index (κ3) is 2.41. The molecule has 0 fully saturated rings. The van der Waals surface area contributed by atoms with E-state index in [0.717, 1.165) is 16.9 Å². The molecule has 5 heteroatoms. The quantitative estimate of drug-likeness (QED) is 0.802. The molecule has 1 heterocycles. The van der Waals surface area contributed by atoms with Gasteiger partial charge in [0.1, 0.15) is 5.88 Å². The third-order valence-electron chi connectivity index (χ3n) is 2.08. The van der Waals surface area contributed by atoms with Crippen LogP contribution in [0.2, 0.25) is 0 Å². The van der Waals surface area contributed by atoms with E-state index in [9.17, 15) is 4.79 Å². The van der Waals surface area contributed by atoms with Gasteiger partial charge < -0.3 is 5.32 Å². The monoisotopic (exact) mass is 235 g/mol. The van der Waals surface area contributed by atoms with Crippen LogP contribution in [0.15, 0.2) is 36.5 Å². The Morgan fingerprint density at radius 1 is 1.44 bits per heavy atom. The van der Waals surface area contributed by atoms with Gasteiger partial charge in [0.2, 0.25) is 5.91 Å². The lowest BCUT2D eigenvalue weighted by molar-refractivity contribution is -0.113. The number of hydrogen-bond acceptors (Lipinski definition) is 2. The lowest BCUT2D eigenvalue weighted by Crippen LogP contribution is -2.12. The lowest BCUT2D eigenvalue weighted by Gasteiger charge is -2.04. The van der Waals surface area contributed by atoms with Gasteiger partial charge in [-0.1, -0.05) is 12.1 Å². The molecule has 2 rings (SSSR count). The number of alkyl halides is 1. The summed E-state index contributed by atoms with van der Waals surface area (Å²) >= 11 is 5.41. The Morgan fingerprint density at radius 2 is 2.31 bits per heavy atom. The average Bonchev–Trinajstić information content (AvgIpc) is 2.83. The standard InChI is InChI=1S/C11H10ClN3O/c12-7-11(16)14-9-3-1-2-8(6-9)10-4-5-13-15-10/h1-6H,7H2,(H,13,15)(H,14,16). The average molecular weight is 236 g/mol. The summed E-state index contributed by atoms with van der Waals surface area (Å²) in [5.41, 5.74) is 2.59. The van der Waals surface area contributed by atoms with Crippen LogP contribution in [0.1, 0.15) is 0 Å². The Labute approximate surface area is 97.6 Å². The zero-order chi connectivity index (χ0) is 11.4. The minimum Gasteiger partial charge on any atom is -0.325 e. The van der Waals surface area contributed by atoms with Gasteiger partial charge in [0, 0.05) is 17.4 Å². The Bertz CT molecular complexity index is 482. The molecule has 0 aliphatic heterocycles. The van der Waals surface area contributed by atoms with Crippen LogP contribution in [-0.4, -0.2) is 22.0 Å². The molecule has 1 amide bonds. The Kier molecular flexibility index (Phi) is 3.22. The topological polar surface area (TPSA) is 57.8 Å². The van der Waals surface area contributed by atoms with Gasteiger partial charge in [-0.05, 0) is 18.2 Å². The minimum absolute atomic E-state index is 0.0473. The van der Waals surface area contributed by atoms with Crippen molar-refractivity contribution < 1.29 is 4.79 Å². The summed E-state index contributed by atoms with van der Waals surface area (Å²) in [6.45, 7) is 0. The number of carbonyl (C=O) groups excluding carboxylic acids is 1. The largest absolute Gasteiger partial charge is 0.325 e. The zero-order valence-corrected chi connectivity index (χ0v) is 9.16. The number of amides is 1. The van der Waals surface area contributed by atoms with E-state index in [2.05, 4.69) is 15.5 Å². The van der Waals surface area contributed by atoms with E-state index in [1.807, 2.05) is 30.3 Å². The summed E-state index contributed by atoms with van der Waals surface area (Å²) in [5.74, 6) is -0.266. The second-order valence-corrected chi connectivity index (χ2v) is 3.50. The highest BCUT2D eigenvalue weighted by Gasteiger charge is 2.02. The summed E-state index contributed by atoms with van der Waals surface area (Å²) in [7, 11) is 0. The van der Waals surface area contributed by atoms with Gasteiger partial charge >= 0.3 is 0 Å². The maximum atomic E-state index is 11.1. The van der Waals surface area contributed by atoms with E-state index >= 15 is 0 Å². The highest BCUT2D eigenvalue weighted by Crippen LogP contribution is 2.20. The van der Waals surface area contributed by atoms with Gasteiger partial charge in [-0.2, -0.15) is 5.10 Å². The van der Waals surface area contributed by atoms with E-state index in [4.69, 9.17) is 11.6 Å². The van der Waals surface area contributed by atoms with Crippen LogP contribution in [0.25, 0.3) is 11.3 Å². The number of nitrogens with zero attached hydrogens (tertiary/aromatic N) is 1. The number of nitrogens with one attached hydrogen (secondary N) is 2. The number of anilines is 1. The van der Waals surface area contributed by atoms with Crippen molar-refractivity contribution in [2.45, 2.75) is 0 Å². The van der Waals surface area contributed by atoms with Gasteiger partial charge in [0.15, 0.2) is 0 Å². The molecule has 82 valence electrons. The molecule has 0 aliphatic rings. The van der Waals surface area contributed by atoms with Crippen LogP contribution in [0.5, 0.6) is 0 Å². The number of rotatable bonds is 3. The third-order valence-corrected chi connectivity index (χ3v) is 2.32. The van der Waals surface area contributed by atoms with Crippen LogP contribution in [0.4, 0.5) is 5.69 Å². The van der Waals surface area contributed by atoms with Crippen LogP contribution in [0.3, 0.4) is 0 Å². The first-order chi connectivity index (χ1) is 7.79. The van der Waals surface area contributed by atoms with Gasteiger partial charge in [-0.3, -0.25) is 9.89 Å². The molecule has 0 saturated carbocycles. The normalized spacial score (nSPS) is 10.1. The highest BCUT2D eigenvalue weighted by atomic mass is 35.5. The van der Waals surface area contributed by atoms with Crippen molar-refractivity contribution in [2.75, 3.05) is 11.2 Å². The predicted octanol–water partition coefficient (Wildman–Crippen LogP) is 2.25. The van der Waals surface area contributed by atoms with Gasteiger partial charge in [0.05, 0.1) is 5.69 Å². The number of benzene rings is 1. The molecule has 0 aliphatic carbocycles. The van der Waals surface area contributed by atoms with Crippen molar-refractivity contribution in [3.05, 3.63) is 36.5 Å². The number of hydrogen-bond donors (Lipinski definition) is 2.